The summed E-state index contributed by atoms with van der Waals surface area (Å²) in [6.07, 6.45) is 3.62. The Morgan fingerprint density at radius 3 is 2.01 bits per heavy atom. The second-order valence-electron chi connectivity index (χ2n) is 18.8. The number of carboxylic acids is 1. The van der Waals surface area contributed by atoms with E-state index in [2.05, 4.69) is 17.2 Å². The number of nitrogens with zero attached hydrogens (tertiary/aromatic N) is 4. The molecule has 0 radical (unpaired) electrons. The molecule has 17 heteroatoms. The van der Waals surface area contributed by atoms with E-state index in [1.807, 2.05) is 47.6 Å². The highest BCUT2D eigenvalue weighted by atomic mass is 16.5. The van der Waals surface area contributed by atoms with Gasteiger partial charge in [-0.05, 0) is 42.6 Å². The molecule has 372 valence electrons. The molecule has 0 bridgehead atoms. The van der Waals surface area contributed by atoms with Gasteiger partial charge in [-0.15, -0.1) is 0 Å². The van der Waals surface area contributed by atoms with Gasteiger partial charge in [0.15, 0.2) is 0 Å². The number of aliphatic carboxylic acids is 1. The molecule has 17 nitrogen and oxygen atoms in total. The third kappa shape index (κ3) is 15.0. The van der Waals surface area contributed by atoms with Crippen LogP contribution in [0.3, 0.4) is 0 Å². The number of methoxy groups -OCH3 is 2. The van der Waals surface area contributed by atoms with E-state index in [1.165, 1.54) is 36.2 Å². The fourth-order valence-electron chi connectivity index (χ4n) is 9.21. The number of likely N-dealkylation sites (N-methyl/N-ethyl adjacent to an activating group) is 2. The molecule has 3 rings (SSSR count). The number of nitrogens with one attached hydrogen (secondary N) is 2. The average molecular weight is 937 g/mol. The van der Waals surface area contributed by atoms with Crippen molar-refractivity contribution in [3.63, 3.8) is 0 Å². The predicted molar refractivity (Wildman–Crippen MR) is 253 cm³/mol. The number of carboxylic acid groups (broad SMARTS) is 1. The molecular weight excluding hydrogens is 861 g/mol. The average Bonchev–Trinajstić information content (AvgIpc) is 3.83. The van der Waals surface area contributed by atoms with Gasteiger partial charge < -0.3 is 39.9 Å². The first kappa shape index (κ1) is 55.9. The highest BCUT2D eigenvalue weighted by Gasteiger charge is 2.44. The molecule has 9 atom stereocenters. The van der Waals surface area contributed by atoms with Crippen LogP contribution in [-0.2, 0) is 54.3 Å². The zero-order valence-electron chi connectivity index (χ0n) is 41.5. The minimum Gasteiger partial charge on any atom is -0.480 e. The molecular formula is C50H76N6O11. The highest BCUT2D eigenvalue weighted by Crippen LogP contribution is 2.31. The lowest BCUT2D eigenvalue weighted by atomic mass is 9.89. The molecule has 1 aromatic rings. The van der Waals surface area contributed by atoms with E-state index < -0.39 is 66.1 Å². The van der Waals surface area contributed by atoms with E-state index in [4.69, 9.17) is 9.47 Å². The first-order chi connectivity index (χ1) is 31.6. The number of unbranched alkanes of at least 4 members (excludes halogenated alkanes) is 2. The van der Waals surface area contributed by atoms with E-state index in [-0.39, 0.29) is 79.6 Å². The predicted octanol–water partition coefficient (Wildman–Crippen LogP) is 3.99. The summed E-state index contributed by atoms with van der Waals surface area (Å²) in [5, 5.41) is 15.6. The van der Waals surface area contributed by atoms with E-state index >= 15 is 0 Å². The summed E-state index contributed by atoms with van der Waals surface area (Å²) in [6.45, 7) is 17.5. The molecule has 2 aliphatic heterocycles. The quantitative estimate of drug-likeness (QED) is 0.0652. The Morgan fingerprint density at radius 2 is 1.48 bits per heavy atom. The second kappa shape index (κ2) is 26.2. The van der Waals surface area contributed by atoms with Crippen molar-refractivity contribution in [1.29, 1.82) is 0 Å². The van der Waals surface area contributed by atoms with Gasteiger partial charge in [0.25, 0.3) is 11.8 Å². The Kier molecular flexibility index (Phi) is 21.9. The third-order valence-corrected chi connectivity index (χ3v) is 13.3. The third-order valence-electron chi connectivity index (χ3n) is 13.3. The Morgan fingerprint density at radius 1 is 0.851 bits per heavy atom. The van der Waals surface area contributed by atoms with Gasteiger partial charge in [-0.25, -0.2) is 4.79 Å². The van der Waals surface area contributed by atoms with E-state index in [0.29, 0.717) is 32.1 Å². The molecule has 0 aliphatic carbocycles. The van der Waals surface area contributed by atoms with Crippen LogP contribution < -0.4 is 10.6 Å². The first-order valence-corrected chi connectivity index (χ1v) is 23.5. The molecule has 1 aromatic carbocycles. The second-order valence-corrected chi connectivity index (χ2v) is 18.8. The lowest BCUT2D eigenvalue weighted by molar-refractivity contribution is -0.149. The zero-order chi connectivity index (χ0) is 50.3. The van der Waals surface area contributed by atoms with Crippen molar-refractivity contribution >= 4 is 47.3 Å². The fourth-order valence-corrected chi connectivity index (χ4v) is 9.21. The van der Waals surface area contributed by atoms with Gasteiger partial charge in [-0.3, -0.25) is 38.5 Å². The number of carbonyl (C=O) groups excluding carboxylic acids is 7. The molecule has 1 saturated heterocycles. The highest BCUT2D eigenvalue weighted by molar-refractivity contribution is 6.12. The number of amides is 7. The topological polar surface area (TPSA) is 212 Å². The van der Waals surface area contributed by atoms with E-state index in [0.717, 1.165) is 11.1 Å². The summed E-state index contributed by atoms with van der Waals surface area (Å²) < 4.78 is 11.9. The Labute approximate surface area is 397 Å². The SMILES string of the molecule is C=C1C[C@@H](C(OC)C(C)C(=O)N[C@@H](Cc2ccccc2)C(=O)O)N(C(=O)C[C@@H](OC)C([C@@H](C)CC)N(C)C(=O)[C@@H](NC(=O)C(C(C)C)N(C)C(=O)CCCCCN2C(=O)C=CC2=O)C(C)C)C1. The maximum atomic E-state index is 14.6. The number of likely N-dealkylation sites (tertiary alicyclic amines) is 1. The molecule has 2 heterocycles. The van der Waals surface area contributed by atoms with Crippen molar-refractivity contribution in [3.8, 4) is 0 Å². The number of imide groups is 1. The summed E-state index contributed by atoms with van der Waals surface area (Å²) in [6, 6.07) is 4.73. The van der Waals surface area contributed by atoms with Crippen molar-refractivity contribution in [2.45, 2.75) is 142 Å². The van der Waals surface area contributed by atoms with Crippen molar-refractivity contribution in [1.82, 2.24) is 30.2 Å². The molecule has 7 amide bonds. The first-order valence-electron chi connectivity index (χ1n) is 23.5. The summed E-state index contributed by atoms with van der Waals surface area (Å²) in [5.74, 6) is -5.49. The van der Waals surface area contributed by atoms with Gasteiger partial charge >= 0.3 is 5.97 Å². The number of benzene rings is 1. The molecule has 4 unspecified atom stereocenters. The molecule has 3 N–H and O–H groups in total. The van der Waals surface area contributed by atoms with Crippen LogP contribution in [0, 0.1) is 23.7 Å². The fraction of sp³-hybridized carbons (Fsp3) is 0.640. The smallest absolute Gasteiger partial charge is 0.326 e. The van der Waals surface area contributed by atoms with Gasteiger partial charge in [-0.2, -0.15) is 0 Å². The molecule has 2 aliphatic rings. The van der Waals surface area contributed by atoms with Gasteiger partial charge in [-0.1, -0.05) is 104 Å². The Balaban J connectivity index is 1.74. The zero-order valence-corrected chi connectivity index (χ0v) is 41.5. The van der Waals surface area contributed by atoms with Crippen molar-refractivity contribution in [3.05, 3.63) is 60.2 Å². The summed E-state index contributed by atoms with van der Waals surface area (Å²) in [7, 11) is 6.15. The standard InChI is InChI=1S/C50H76N6O11/c1-13-33(7)45(54(10)49(63)43(30(2)3)52-48(62)44(31(4)5)53(9)39(57)22-18-15-19-25-55-40(58)23-24-41(55)59)38(66-11)28-42(60)56-29-32(6)26-37(56)46(67-12)34(8)47(61)51-36(50(64)65)27-35-20-16-14-17-21-35/h14,16-17,20-21,23-24,30-31,33-34,36-38,43-46H,6,13,15,18-19,22,25-29H2,1-5,7-12H3,(H,51,61)(H,52,62)(H,64,65)/t33-,34?,36-,37-,38+,43-,44?,45?,46?/m0/s1. The van der Waals surface area contributed by atoms with Crippen LogP contribution in [0.5, 0.6) is 0 Å². The van der Waals surface area contributed by atoms with Gasteiger partial charge in [0.2, 0.25) is 29.5 Å². The van der Waals surface area contributed by atoms with Crippen LogP contribution in [0.2, 0.25) is 0 Å². The maximum absolute atomic E-state index is 14.6. The normalized spacial score (nSPS) is 18.6. The van der Waals surface area contributed by atoms with Crippen LogP contribution in [0.25, 0.3) is 0 Å². The number of rotatable bonds is 27. The summed E-state index contributed by atoms with van der Waals surface area (Å²) in [5.41, 5.74) is 1.51. The molecule has 67 heavy (non-hydrogen) atoms. The van der Waals surface area contributed by atoms with Crippen LogP contribution in [0.1, 0.15) is 99.0 Å². The minimum atomic E-state index is -1.18. The van der Waals surface area contributed by atoms with Gasteiger partial charge in [0, 0.05) is 66.4 Å². The molecule has 0 saturated carbocycles. The number of hydrogen-bond donors (Lipinski definition) is 3. The van der Waals surface area contributed by atoms with Crippen molar-refractivity contribution < 1.29 is 52.9 Å². The maximum Gasteiger partial charge on any atom is 0.326 e. The van der Waals surface area contributed by atoms with Crippen LogP contribution in [0.4, 0.5) is 0 Å². The van der Waals surface area contributed by atoms with Gasteiger partial charge in [0.05, 0.1) is 36.6 Å². The van der Waals surface area contributed by atoms with Crippen molar-refractivity contribution in [2.24, 2.45) is 23.7 Å². The van der Waals surface area contributed by atoms with Crippen LogP contribution in [-0.4, -0.2) is 156 Å². The Bertz CT molecular complexity index is 1920. The molecule has 0 spiro atoms. The lowest BCUT2D eigenvalue weighted by Gasteiger charge is -2.41. The minimum absolute atomic E-state index is 0.0856. The van der Waals surface area contributed by atoms with Crippen molar-refractivity contribution in [2.75, 3.05) is 41.4 Å². The van der Waals surface area contributed by atoms with Gasteiger partial charge in [0.1, 0.15) is 18.1 Å². The van der Waals surface area contributed by atoms with Crippen LogP contribution in [0.15, 0.2) is 54.6 Å². The van der Waals surface area contributed by atoms with E-state index in [9.17, 15) is 43.5 Å². The molecule has 0 aromatic heterocycles. The number of hydrogen-bond acceptors (Lipinski definition) is 10. The summed E-state index contributed by atoms with van der Waals surface area (Å²) in [4.78, 5) is 112. The monoisotopic (exact) mass is 937 g/mol. The largest absolute Gasteiger partial charge is 0.480 e. The van der Waals surface area contributed by atoms with E-state index in [1.54, 1.807) is 55.1 Å². The number of carbonyl (C=O) groups is 8. The Hall–Kier alpha value is -5.42. The lowest BCUT2D eigenvalue weighted by Crippen LogP contribution is -2.60. The van der Waals surface area contributed by atoms with Crippen LogP contribution >= 0.6 is 0 Å². The number of ether oxygens (including phenoxy) is 2. The molecule has 1 fully saturated rings. The summed E-state index contributed by atoms with van der Waals surface area (Å²) >= 11 is 0.